The maximum Gasteiger partial charge on any atom is 0.252 e. The molecule has 3 aromatic rings. The first-order chi connectivity index (χ1) is 15.1. The van der Waals surface area contributed by atoms with Crippen molar-refractivity contribution < 1.29 is 4.79 Å². The summed E-state index contributed by atoms with van der Waals surface area (Å²) in [6, 6.07) is 14.6. The predicted molar refractivity (Wildman–Crippen MR) is 122 cm³/mol. The summed E-state index contributed by atoms with van der Waals surface area (Å²) in [5, 5.41) is 12.0. The molecule has 2 aromatic heterocycles. The average Bonchev–Trinajstić information content (AvgIpc) is 3.22. The molecule has 4 rings (SSSR count). The van der Waals surface area contributed by atoms with Gasteiger partial charge in [-0.2, -0.15) is 0 Å². The van der Waals surface area contributed by atoms with Crippen LogP contribution in [0.2, 0.25) is 0 Å². The van der Waals surface area contributed by atoms with Gasteiger partial charge in [0.25, 0.3) is 5.91 Å². The van der Waals surface area contributed by atoms with E-state index >= 15 is 0 Å². The van der Waals surface area contributed by atoms with Crippen molar-refractivity contribution in [3.63, 3.8) is 0 Å². The molecule has 1 fully saturated rings. The summed E-state index contributed by atoms with van der Waals surface area (Å²) in [6.45, 7) is 7.95. The molecule has 7 nitrogen and oxygen atoms in total. The molecular formula is C24H32N6O. The van der Waals surface area contributed by atoms with Gasteiger partial charge in [0.1, 0.15) is 0 Å². The summed E-state index contributed by atoms with van der Waals surface area (Å²) in [5.74, 6) is 0.838. The van der Waals surface area contributed by atoms with Gasteiger partial charge in [-0.25, -0.2) is 0 Å². The molecule has 164 valence electrons. The van der Waals surface area contributed by atoms with Crippen molar-refractivity contribution in [1.29, 1.82) is 0 Å². The van der Waals surface area contributed by atoms with Gasteiger partial charge in [0, 0.05) is 38.4 Å². The average molecular weight is 421 g/mol. The van der Waals surface area contributed by atoms with Gasteiger partial charge in [0.15, 0.2) is 11.5 Å². The standard InChI is InChI=1S/C24H32N6O/c1-4-20(5-2)25-24(31)19-11-12-22-26-27-23(30(22)16-19)21-17-29(14-13-28(21)3)15-18-9-7-6-8-10-18/h6-12,16,20-21H,4-5,13-15,17H2,1-3H3,(H,25,31). The lowest BCUT2D eigenvalue weighted by Crippen LogP contribution is -2.46. The van der Waals surface area contributed by atoms with Gasteiger partial charge in [0.05, 0.1) is 11.6 Å². The van der Waals surface area contributed by atoms with Crippen LogP contribution in [0.5, 0.6) is 0 Å². The van der Waals surface area contributed by atoms with E-state index in [0.29, 0.717) is 5.56 Å². The topological polar surface area (TPSA) is 65.8 Å². The molecule has 1 amide bonds. The van der Waals surface area contributed by atoms with Gasteiger partial charge in [0.2, 0.25) is 0 Å². The first-order valence-electron chi connectivity index (χ1n) is 11.2. The molecule has 0 saturated carbocycles. The highest BCUT2D eigenvalue weighted by Crippen LogP contribution is 2.24. The van der Waals surface area contributed by atoms with E-state index in [-0.39, 0.29) is 18.0 Å². The number of fused-ring (bicyclic) bond motifs is 1. The van der Waals surface area contributed by atoms with Gasteiger partial charge in [-0.1, -0.05) is 44.2 Å². The number of nitrogens with zero attached hydrogens (tertiary/aromatic N) is 5. The van der Waals surface area contributed by atoms with Gasteiger partial charge >= 0.3 is 0 Å². The smallest absolute Gasteiger partial charge is 0.252 e. The summed E-state index contributed by atoms with van der Waals surface area (Å²) in [4.78, 5) is 17.6. The highest BCUT2D eigenvalue weighted by atomic mass is 16.1. The minimum absolute atomic E-state index is 0.0436. The van der Waals surface area contributed by atoms with Crippen molar-refractivity contribution in [1.82, 2.24) is 29.7 Å². The number of likely N-dealkylation sites (N-methyl/N-ethyl adjacent to an activating group) is 1. The Morgan fingerprint density at radius 2 is 1.87 bits per heavy atom. The summed E-state index contributed by atoms with van der Waals surface area (Å²) in [7, 11) is 2.13. The van der Waals surface area contributed by atoms with E-state index in [0.717, 1.165) is 50.5 Å². The van der Waals surface area contributed by atoms with Crippen LogP contribution in [0.4, 0.5) is 0 Å². The predicted octanol–water partition coefficient (Wildman–Crippen LogP) is 3.14. The number of carbonyl (C=O) groups excluding carboxylic acids is 1. The van der Waals surface area contributed by atoms with E-state index in [9.17, 15) is 4.79 Å². The molecule has 0 radical (unpaired) electrons. The summed E-state index contributed by atoms with van der Waals surface area (Å²) >= 11 is 0. The van der Waals surface area contributed by atoms with Crippen LogP contribution >= 0.6 is 0 Å². The normalized spacial score (nSPS) is 18.0. The number of amides is 1. The van der Waals surface area contributed by atoms with Crippen molar-refractivity contribution >= 4 is 11.6 Å². The molecule has 1 unspecified atom stereocenters. The number of piperazine rings is 1. The molecule has 31 heavy (non-hydrogen) atoms. The first kappa shape index (κ1) is 21.5. The van der Waals surface area contributed by atoms with Crippen LogP contribution in [0.1, 0.15) is 54.5 Å². The van der Waals surface area contributed by atoms with Gasteiger partial charge in [-0.15, -0.1) is 10.2 Å². The number of hydrogen-bond acceptors (Lipinski definition) is 5. The van der Waals surface area contributed by atoms with Gasteiger partial charge in [-0.05, 0) is 37.6 Å². The Kier molecular flexibility index (Phi) is 6.63. The zero-order chi connectivity index (χ0) is 21.8. The van der Waals surface area contributed by atoms with Crippen LogP contribution < -0.4 is 5.32 Å². The monoisotopic (exact) mass is 420 g/mol. The lowest BCUT2D eigenvalue weighted by atomic mass is 10.1. The minimum Gasteiger partial charge on any atom is -0.349 e. The van der Waals surface area contributed by atoms with Crippen molar-refractivity contribution in [3.8, 4) is 0 Å². The molecule has 3 heterocycles. The molecule has 1 saturated heterocycles. The van der Waals surface area contributed by atoms with E-state index in [2.05, 4.69) is 76.5 Å². The number of carbonyl (C=O) groups is 1. The fourth-order valence-electron chi connectivity index (χ4n) is 4.23. The van der Waals surface area contributed by atoms with E-state index in [4.69, 9.17) is 0 Å². The quantitative estimate of drug-likeness (QED) is 0.636. The van der Waals surface area contributed by atoms with E-state index in [1.54, 1.807) is 0 Å². The summed E-state index contributed by atoms with van der Waals surface area (Å²) < 4.78 is 1.98. The van der Waals surface area contributed by atoms with Crippen molar-refractivity contribution in [2.75, 3.05) is 26.7 Å². The Balaban J connectivity index is 1.56. The second kappa shape index (κ2) is 9.58. The molecule has 1 atom stereocenters. The third-order valence-corrected chi connectivity index (χ3v) is 6.29. The fourth-order valence-corrected chi connectivity index (χ4v) is 4.23. The second-order valence-corrected chi connectivity index (χ2v) is 8.41. The fraction of sp³-hybridized carbons (Fsp3) is 0.458. The van der Waals surface area contributed by atoms with Crippen molar-refractivity contribution in [2.24, 2.45) is 0 Å². The largest absolute Gasteiger partial charge is 0.349 e. The molecule has 1 aliphatic heterocycles. The molecule has 0 spiro atoms. The van der Waals surface area contributed by atoms with E-state index in [1.165, 1.54) is 5.56 Å². The lowest BCUT2D eigenvalue weighted by Gasteiger charge is -2.38. The maximum absolute atomic E-state index is 12.8. The van der Waals surface area contributed by atoms with Crippen LogP contribution in [0, 0.1) is 0 Å². The van der Waals surface area contributed by atoms with E-state index < -0.39 is 0 Å². The lowest BCUT2D eigenvalue weighted by molar-refractivity contribution is 0.0852. The molecule has 0 bridgehead atoms. The van der Waals surface area contributed by atoms with Crippen molar-refractivity contribution in [2.45, 2.75) is 45.3 Å². The second-order valence-electron chi connectivity index (χ2n) is 8.41. The number of pyridine rings is 1. The third kappa shape index (κ3) is 4.78. The zero-order valence-electron chi connectivity index (χ0n) is 18.7. The Morgan fingerprint density at radius 3 is 2.61 bits per heavy atom. The van der Waals surface area contributed by atoms with Crippen molar-refractivity contribution in [3.05, 3.63) is 65.6 Å². The molecule has 1 aliphatic rings. The number of rotatable bonds is 7. The Hall–Kier alpha value is -2.77. The molecule has 0 aliphatic carbocycles. The first-order valence-corrected chi connectivity index (χ1v) is 11.2. The molecule has 1 aromatic carbocycles. The third-order valence-electron chi connectivity index (χ3n) is 6.29. The Morgan fingerprint density at radius 1 is 1.10 bits per heavy atom. The number of hydrogen-bond donors (Lipinski definition) is 1. The number of nitrogens with one attached hydrogen (secondary N) is 1. The Labute approximate surface area is 184 Å². The van der Waals surface area contributed by atoms with Crippen LogP contribution in [-0.4, -0.2) is 63.0 Å². The van der Waals surface area contributed by atoms with Crippen LogP contribution in [0.15, 0.2) is 48.7 Å². The summed E-state index contributed by atoms with van der Waals surface area (Å²) in [5.41, 5.74) is 2.72. The minimum atomic E-state index is -0.0436. The maximum atomic E-state index is 12.8. The van der Waals surface area contributed by atoms with E-state index in [1.807, 2.05) is 22.7 Å². The molecule has 7 heteroatoms. The van der Waals surface area contributed by atoms with Gasteiger partial charge < -0.3 is 5.32 Å². The highest BCUT2D eigenvalue weighted by molar-refractivity contribution is 5.94. The zero-order valence-corrected chi connectivity index (χ0v) is 18.7. The SMILES string of the molecule is CCC(CC)NC(=O)c1ccc2nnc(C3CN(Cc4ccccc4)CCN3C)n2c1. The number of aromatic nitrogens is 3. The molecule has 1 N–H and O–H groups in total. The van der Waals surface area contributed by atoms with Crippen LogP contribution in [0.3, 0.4) is 0 Å². The van der Waals surface area contributed by atoms with Gasteiger partial charge in [-0.3, -0.25) is 19.0 Å². The highest BCUT2D eigenvalue weighted by Gasteiger charge is 2.29. The van der Waals surface area contributed by atoms with Crippen LogP contribution in [0.25, 0.3) is 5.65 Å². The number of benzene rings is 1. The van der Waals surface area contributed by atoms with Crippen LogP contribution in [-0.2, 0) is 6.54 Å². The molecular weight excluding hydrogens is 388 g/mol. The summed E-state index contributed by atoms with van der Waals surface area (Å²) in [6.07, 6.45) is 3.73. The Bertz CT molecular complexity index is 1010.